The lowest BCUT2D eigenvalue weighted by Gasteiger charge is -2.22. The van der Waals surface area contributed by atoms with Crippen LogP contribution in [0.3, 0.4) is 0 Å². The molecule has 0 nitrogen and oxygen atoms in total. The molecule has 0 saturated heterocycles. The van der Waals surface area contributed by atoms with Crippen LogP contribution in [0.5, 0.6) is 0 Å². The molecule has 2 rings (SSSR count). The van der Waals surface area contributed by atoms with Gasteiger partial charge in [-0.2, -0.15) is 0 Å². The largest absolute Gasteiger partial charge is 0.0654 e. The first-order valence-corrected chi connectivity index (χ1v) is 7.41. The predicted octanol–water partition coefficient (Wildman–Crippen LogP) is 5.64. The SMILES string of the molecule is CCCC(C)CC(c1ccccc1)c1ccccc1. The fraction of sp³-hybridized carbons (Fsp3) is 0.368. The lowest BCUT2D eigenvalue weighted by atomic mass is 9.83. The molecule has 0 spiro atoms. The lowest BCUT2D eigenvalue weighted by molar-refractivity contribution is 0.460. The monoisotopic (exact) mass is 252 g/mol. The Bertz CT molecular complexity index is 418. The molecule has 1 atom stereocenters. The Morgan fingerprint density at radius 3 is 1.68 bits per heavy atom. The van der Waals surface area contributed by atoms with E-state index in [4.69, 9.17) is 0 Å². The van der Waals surface area contributed by atoms with Gasteiger partial charge < -0.3 is 0 Å². The summed E-state index contributed by atoms with van der Waals surface area (Å²) in [5, 5.41) is 0. The molecule has 0 saturated carbocycles. The van der Waals surface area contributed by atoms with Crippen LogP contribution in [0, 0.1) is 5.92 Å². The Kier molecular flexibility index (Phi) is 5.20. The summed E-state index contributed by atoms with van der Waals surface area (Å²) in [5.41, 5.74) is 2.88. The second-order valence-electron chi connectivity index (χ2n) is 5.50. The third kappa shape index (κ3) is 3.96. The van der Waals surface area contributed by atoms with Crippen LogP contribution in [0.15, 0.2) is 60.7 Å². The molecule has 2 aromatic rings. The second kappa shape index (κ2) is 7.13. The number of hydrogen-bond acceptors (Lipinski definition) is 0. The van der Waals surface area contributed by atoms with E-state index in [2.05, 4.69) is 74.5 Å². The van der Waals surface area contributed by atoms with Crippen LogP contribution < -0.4 is 0 Å². The van der Waals surface area contributed by atoms with Crippen molar-refractivity contribution in [3.63, 3.8) is 0 Å². The van der Waals surface area contributed by atoms with Gasteiger partial charge in [-0.15, -0.1) is 0 Å². The molecule has 19 heavy (non-hydrogen) atoms. The summed E-state index contributed by atoms with van der Waals surface area (Å²) in [7, 11) is 0. The van der Waals surface area contributed by atoms with E-state index in [0.29, 0.717) is 5.92 Å². The molecule has 2 aromatic carbocycles. The Morgan fingerprint density at radius 1 is 0.789 bits per heavy atom. The standard InChI is InChI=1S/C19H24/c1-3-10-16(2)15-19(17-11-6-4-7-12-17)18-13-8-5-9-14-18/h4-9,11-14,16,19H,3,10,15H2,1-2H3. The topological polar surface area (TPSA) is 0 Å². The van der Waals surface area contributed by atoms with Crippen molar-refractivity contribution in [3.8, 4) is 0 Å². The Labute approximate surface area is 117 Å². The Morgan fingerprint density at radius 2 is 1.26 bits per heavy atom. The van der Waals surface area contributed by atoms with Crippen LogP contribution in [0.1, 0.15) is 50.2 Å². The van der Waals surface area contributed by atoms with Gasteiger partial charge in [0.1, 0.15) is 0 Å². The van der Waals surface area contributed by atoms with Crippen LogP contribution >= 0.6 is 0 Å². The molecule has 0 amide bonds. The summed E-state index contributed by atoms with van der Waals surface area (Å²) in [6.07, 6.45) is 3.83. The first-order chi connectivity index (χ1) is 9.31. The average Bonchev–Trinajstić information content (AvgIpc) is 2.47. The van der Waals surface area contributed by atoms with E-state index >= 15 is 0 Å². The average molecular weight is 252 g/mol. The quantitative estimate of drug-likeness (QED) is 0.623. The third-order valence-corrected chi connectivity index (χ3v) is 3.82. The minimum absolute atomic E-state index is 0.531. The van der Waals surface area contributed by atoms with Gasteiger partial charge in [-0.1, -0.05) is 87.4 Å². The maximum absolute atomic E-state index is 2.38. The van der Waals surface area contributed by atoms with E-state index in [1.54, 1.807) is 0 Å². The van der Waals surface area contributed by atoms with Gasteiger partial charge in [0.05, 0.1) is 0 Å². The maximum Gasteiger partial charge on any atom is 0.00918 e. The number of rotatable bonds is 6. The van der Waals surface area contributed by atoms with Crippen LogP contribution in [0.4, 0.5) is 0 Å². The van der Waals surface area contributed by atoms with Crippen LogP contribution in [0.2, 0.25) is 0 Å². The van der Waals surface area contributed by atoms with Crippen LogP contribution in [-0.2, 0) is 0 Å². The van der Waals surface area contributed by atoms with Gasteiger partial charge in [-0.05, 0) is 23.5 Å². The van der Waals surface area contributed by atoms with Crippen LogP contribution in [0.25, 0.3) is 0 Å². The molecule has 0 aliphatic heterocycles. The summed E-state index contributed by atoms with van der Waals surface area (Å²) < 4.78 is 0. The van der Waals surface area contributed by atoms with Crippen molar-refractivity contribution in [2.24, 2.45) is 5.92 Å². The van der Waals surface area contributed by atoms with Crippen molar-refractivity contribution < 1.29 is 0 Å². The van der Waals surface area contributed by atoms with E-state index in [1.807, 2.05) is 0 Å². The molecule has 0 aliphatic carbocycles. The molecular formula is C19H24. The van der Waals surface area contributed by atoms with Gasteiger partial charge in [0.25, 0.3) is 0 Å². The zero-order valence-electron chi connectivity index (χ0n) is 12.0. The van der Waals surface area contributed by atoms with Crippen molar-refractivity contribution in [1.29, 1.82) is 0 Å². The number of benzene rings is 2. The normalized spacial score (nSPS) is 12.6. The highest BCUT2D eigenvalue weighted by molar-refractivity contribution is 5.32. The summed E-state index contributed by atoms with van der Waals surface area (Å²) in [4.78, 5) is 0. The minimum Gasteiger partial charge on any atom is -0.0654 e. The molecule has 0 bridgehead atoms. The Hall–Kier alpha value is -1.56. The van der Waals surface area contributed by atoms with Gasteiger partial charge in [-0.25, -0.2) is 0 Å². The zero-order valence-corrected chi connectivity index (χ0v) is 12.0. The summed E-state index contributed by atoms with van der Waals surface area (Å²) in [6, 6.07) is 21.8. The van der Waals surface area contributed by atoms with Crippen molar-refractivity contribution in [1.82, 2.24) is 0 Å². The third-order valence-electron chi connectivity index (χ3n) is 3.82. The van der Waals surface area contributed by atoms with E-state index in [-0.39, 0.29) is 0 Å². The molecule has 0 N–H and O–H groups in total. The van der Waals surface area contributed by atoms with E-state index < -0.39 is 0 Å². The predicted molar refractivity (Wildman–Crippen MR) is 83.4 cm³/mol. The maximum atomic E-state index is 2.38. The van der Waals surface area contributed by atoms with Crippen molar-refractivity contribution in [2.75, 3.05) is 0 Å². The van der Waals surface area contributed by atoms with Gasteiger partial charge >= 0.3 is 0 Å². The molecule has 0 aliphatic rings. The highest BCUT2D eigenvalue weighted by Crippen LogP contribution is 2.32. The fourth-order valence-corrected chi connectivity index (χ4v) is 2.85. The molecule has 0 fully saturated rings. The molecule has 0 heterocycles. The first kappa shape index (κ1) is 13.9. The highest BCUT2D eigenvalue weighted by atomic mass is 14.2. The van der Waals surface area contributed by atoms with E-state index in [1.165, 1.54) is 30.4 Å². The first-order valence-electron chi connectivity index (χ1n) is 7.41. The fourth-order valence-electron chi connectivity index (χ4n) is 2.85. The zero-order chi connectivity index (χ0) is 13.5. The van der Waals surface area contributed by atoms with E-state index in [9.17, 15) is 0 Å². The van der Waals surface area contributed by atoms with Crippen molar-refractivity contribution >= 4 is 0 Å². The smallest absolute Gasteiger partial charge is 0.00918 e. The molecule has 0 radical (unpaired) electrons. The number of hydrogen-bond donors (Lipinski definition) is 0. The second-order valence-corrected chi connectivity index (χ2v) is 5.50. The molecule has 100 valence electrons. The van der Waals surface area contributed by atoms with Crippen molar-refractivity contribution in [3.05, 3.63) is 71.8 Å². The molecule has 0 heteroatoms. The molecule has 0 aromatic heterocycles. The summed E-state index contributed by atoms with van der Waals surface area (Å²) in [6.45, 7) is 4.65. The van der Waals surface area contributed by atoms with Gasteiger partial charge in [0.15, 0.2) is 0 Å². The Balaban J connectivity index is 2.24. The highest BCUT2D eigenvalue weighted by Gasteiger charge is 2.16. The summed E-state index contributed by atoms with van der Waals surface area (Å²) >= 11 is 0. The molecule has 1 unspecified atom stereocenters. The van der Waals surface area contributed by atoms with E-state index in [0.717, 1.165) is 5.92 Å². The van der Waals surface area contributed by atoms with Crippen LogP contribution in [-0.4, -0.2) is 0 Å². The van der Waals surface area contributed by atoms with Crippen molar-refractivity contribution in [2.45, 2.75) is 39.0 Å². The van der Waals surface area contributed by atoms with Gasteiger partial charge in [-0.3, -0.25) is 0 Å². The summed E-state index contributed by atoms with van der Waals surface area (Å²) in [5.74, 6) is 1.30. The minimum atomic E-state index is 0.531. The lowest BCUT2D eigenvalue weighted by Crippen LogP contribution is -2.07. The van der Waals surface area contributed by atoms with Gasteiger partial charge in [0, 0.05) is 5.92 Å². The molecular weight excluding hydrogens is 228 g/mol. The van der Waals surface area contributed by atoms with Gasteiger partial charge in [0.2, 0.25) is 0 Å².